The molecule has 0 bridgehead atoms. The molecule has 0 spiro atoms. The maximum Gasteiger partial charge on any atom is 0.420 e. The summed E-state index contributed by atoms with van der Waals surface area (Å²) < 4.78 is 68.4. The molecule has 11 heteroatoms. The van der Waals surface area contributed by atoms with E-state index in [9.17, 15) is 32.1 Å². The molecule has 4 nitrogen and oxygen atoms in total. The third-order valence-electron chi connectivity index (χ3n) is 2.09. The Kier molecular flexibility index (Phi) is 4.60. The van der Waals surface area contributed by atoms with Gasteiger partial charge in [0.1, 0.15) is 0 Å². The lowest BCUT2D eigenvalue weighted by atomic mass is 10.0. The van der Waals surface area contributed by atoms with Crippen molar-refractivity contribution in [3.05, 3.63) is 33.6 Å². The Hall–Kier alpha value is -0.710. The van der Waals surface area contributed by atoms with Crippen LogP contribution in [-0.4, -0.2) is 20.6 Å². The van der Waals surface area contributed by atoms with Gasteiger partial charge in [0.2, 0.25) is 5.76 Å². The van der Waals surface area contributed by atoms with Crippen molar-refractivity contribution in [1.29, 1.82) is 0 Å². The summed E-state index contributed by atoms with van der Waals surface area (Å²) in [7, 11) is 0. The first-order valence-electron chi connectivity index (χ1n) is 4.47. The molecule has 1 atom stereocenters. The zero-order chi connectivity index (χ0) is 15.0. The van der Waals surface area contributed by atoms with E-state index in [0.717, 1.165) is 0 Å². The van der Waals surface area contributed by atoms with Crippen LogP contribution in [0.3, 0.4) is 0 Å². The average Bonchev–Trinajstić information content (AvgIpc) is 2.29. The van der Waals surface area contributed by atoms with E-state index in [1.54, 1.807) is 0 Å². The third kappa shape index (κ3) is 3.07. The fourth-order valence-electron chi connectivity index (χ4n) is 1.11. The summed E-state index contributed by atoms with van der Waals surface area (Å²) in [6, 6.07) is 0. The van der Waals surface area contributed by atoms with Gasteiger partial charge in [-0.25, -0.2) is 4.39 Å². The van der Waals surface area contributed by atoms with Crippen molar-refractivity contribution < 1.29 is 31.6 Å². The minimum atomic E-state index is -4.16. The maximum absolute atomic E-state index is 13.6. The van der Waals surface area contributed by atoms with E-state index in [1.807, 2.05) is 0 Å². The normalized spacial score (nSPS) is 24.5. The van der Waals surface area contributed by atoms with Gasteiger partial charge in [0.25, 0.3) is 5.83 Å². The minimum Gasteiger partial charge on any atom is -0.425 e. The van der Waals surface area contributed by atoms with E-state index >= 15 is 0 Å². The summed E-state index contributed by atoms with van der Waals surface area (Å²) in [5.41, 5.74) is 0. The monoisotopic (exact) mass is 415 g/mol. The summed E-state index contributed by atoms with van der Waals surface area (Å²) >= 11 is 4.69. The van der Waals surface area contributed by atoms with Crippen molar-refractivity contribution in [2.45, 2.75) is 22.1 Å². The third-order valence-corrected chi connectivity index (χ3v) is 3.15. The lowest BCUT2D eigenvalue weighted by Crippen LogP contribution is -2.38. The van der Waals surface area contributed by atoms with Crippen molar-refractivity contribution in [2.24, 2.45) is 0 Å². The topological polar surface area (TPSA) is 52.4 Å². The van der Waals surface area contributed by atoms with Crippen LogP contribution in [0.5, 0.6) is 0 Å². The lowest BCUT2D eigenvalue weighted by Gasteiger charge is -2.24. The van der Waals surface area contributed by atoms with Crippen LogP contribution in [0.1, 0.15) is 6.42 Å². The van der Waals surface area contributed by atoms with Crippen LogP contribution in [0.25, 0.3) is 0 Å². The Morgan fingerprint density at radius 1 is 1.47 bits per heavy atom. The van der Waals surface area contributed by atoms with Gasteiger partial charge in [-0.15, -0.1) is 0 Å². The summed E-state index contributed by atoms with van der Waals surface area (Å²) in [5.74, 6) is -9.65. The Morgan fingerprint density at radius 3 is 2.42 bits per heavy atom. The molecule has 1 rings (SSSR count). The number of hydrogen-bond acceptors (Lipinski definition) is 3. The van der Waals surface area contributed by atoms with Crippen LogP contribution in [0, 0.1) is 10.1 Å². The molecule has 0 saturated carbocycles. The zero-order valence-corrected chi connectivity index (χ0v) is 11.9. The SMILES string of the molecule is O=[N+]([O-])C1(F)CC=C(F)C(OC(F)(F)C(Br)Br)=C1F. The molecule has 0 saturated heterocycles. The molecular formula is C8H4Br2F5NO3. The van der Waals surface area contributed by atoms with Gasteiger partial charge in [-0.2, -0.15) is 17.6 Å². The quantitative estimate of drug-likeness (QED) is 0.228. The van der Waals surface area contributed by atoms with Gasteiger partial charge in [-0.3, -0.25) is 10.1 Å². The first kappa shape index (κ1) is 16.3. The number of ether oxygens (including phenoxy) is 1. The standard InChI is InChI=1S/C8H4Br2F5NO3/c9-6(10)8(14,15)19-4-3(11)1-2-7(13,5(4)12)16(17)18/h1,6H,2H2. The highest BCUT2D eigenvalue weighted by atomic mass is 79.9. The van der Waals surface area contributed by atoms with Crippen LogP contribution >= 0.6 is 31.9 Å². The Bertz CT molecular complexity index is 467. The van der Waals surface area contributed by atoms with Crippen LogP contribution in [0.4, 0.5) is 22.0 Å². The van der Waals surface area contributed by atoms with Gasteiger partial charge >= 0.3 is 11.9 Å². The second-order valence-electron chi connectivity index (χ2n) is 3.38. The van der Waals surface area contributed by atoms with Gasteiger partial charge in [0, 0.05) is 0 Å². The van der Waals surface area contributed by atoms with Crippen LogP contribution < -0.4 is 0 Å². The molecule has 0 aliphatic heterocycles. The molecule has 0 N–H and O–H groups in total. The Morgan fingerprint density at radius 2 is 2.00 bits per heavy atom. The highest BCUT2D eigenvalue weighted by Crippen LogP contribution is 2.42. The molecule has 0 fully saturated rings. The van der Waals surface area contributed by atoms with Crippen molar-refractivity contribution in [3.8, 4) is 0 Å². The van der Waals surface area contributed by atoms with E-state index in [4.69, 9.17) is 0 Å². The summed E-state index contributed by atoms with van der Waals surface area (Å²) in [5, 5.41) is 10.4. The second kappa shape index (κ2) is 5.35. The van der Waals surface area contributed by atoms with Crippen molar-refractivity contribution >= 4 is 31.9 Å². The van der Waals surface area contributed by atoms with Gasteiger partial charge in [0.05, 0.1) is 11.3 Å². The number of rotatable bonds is 4. The van der Waals surface area contributed by atoms with E-state index < -0.39 is 44.4 Å². The molecule has 0 aromatic rings. The second-order valence-corrected chi connectivity index (χ2v) is 6.44. The molecule has 0 aromatic heterocycles. The van der Waals surface area contributed by atoms with Crippen LogP contribution in [0.2, 0.25) is 0 Å². The van der Waals surface area contributed by atoms with E-state index in [0.29, 0.717) is 0 Å². The van der Waals surface area contributed by atoms with Gasteiger partial charge in [-0.1, -0.05) is 31.9 Å². The predicted octanol–water partition coefficient (Wildman–Crippen LogP) is 4.09. The molecule has 1 aliphatic rings. The van der Waals surface area contributed by atoms with Crippen molar-refractivity contribution in [1.82, 2.24) is 0 Å². The zero-order valence-electron chi connectivity index (χ0n) is 8.68. The predicted molar refractivity (Wildman–Crippen MR) is 60.4 cm³/mol. The number of nitro groups is 1. The fraction of sp³-hybridized carbons (Fsp3) is 0.500. The number of hydrogen-bond donors (Lipinski definition) is 0. The molecule has 0 aromatic carbocycles. The fourth-order valence-corrected chi connectivity index (χ4v) is 1.30. The summed E-state index contributed by atoms with van der Waals surface area (Å²) in [6.45, 7) is 0. The van der Waals surface area contributed by atoms with E-state index in [-0.39, 0.29) is 6.08 Å². The van der Waals surface area contributed by atoms with Gasteiger partial charge in [-0.05, 0) is 6.08 Å². The molecular weight excluding hydrogens is 413 g/mol. The maximum atomic E-state index is 13.6. The van der Waals surface area contributed by atoms with Crippen molar-refractivity contribution in [3.63, 3.8) is 0 Å². The smallest absolute Gasteiger partial charge is 0.420 e. The summed E-state index contributed by atoms with van der Waals surface area (Å²) in [4.78, 5) is 8.69. The van der Waals surface area contributed by atoms with Crippen LogP contribution in [0.15, 0.2) is 23.5 Å². The average molecular weight is 417 g/mol. The first-order chi connectivity index (χ1) is 8.52. The first-order valence-corrected chi connectivity index (χ1v) is 6.30. The lowest BCUT2D eigenvalue weighted by molar-refractivity contribution is -0.596. The highest BCUT2D eigenvalue weighted by Gasteiger charge is 2.55. The molecule has 0 amide bonds. The number of halogens is 7. The Labute approximate surface area is 119 Å². The Balaban J connectivity index is 3.22. The van der Waals surface area contributed by atoms with Crippen LogP contribution in [-0.2, 0) is 4.74 Å². The molecule has 0 radical (unpaired) electrons. The molecule has 19 heavy (non-hydrogen) atoms. The minimum absolute atomic E-state index is 0.259. The molecule has 108 valence electrons. The molecule has 1 aliphatic carbocycles. The highest BCUT2D eigenvalue weighted by molar-refractivity contribution is 9.24. The number of nitrogens with zero attached hydrogens (tertiary/aromatic N) is 1. The number of allylic oxidation sites excluding steroid dienone is 1. The van der Waals surface area contributed by atoms with E-state index in [1.165, 1.54) is 0 Å². The largest absolute Gasteiger partial charge is 0.425 e. The van der Waals surface area contributed by atoms with E-state index in [2.05, 4.69) is 36.6 Å². The summed E-state index contributed by atoms with van der Waals surface area (Å²) in [6.07, 6.45) is -5.16. The number of alkyl halides is 5. The van der Waals surface area contributed by atoms with Gasteiger partial charge in [0.15, 0.2) is 9.56 Å². The van der Waals surface area contributed by atoms with Gasteiger partial charge < -0.3 is 4.74 Å². The molecule has 1 unspecified atom stereocenters. The molecule has 0 heterocycles. The van der Waals surface area contributed by atoms with Crippen molar-refractivity contribution in [2.75, 3.05) is 0 Å².